The summed E-state index contributed by atoms with van der Waals surface area (Å²) >= 11 is 3.46. The Balaban J connectivity index is 2.29. The summed E-state index contributed by atoms with van der Waals surface area (Å²) in [5, 5.41) is 9.28. The highest BCUT2D eigenvalue weighted by atomic mass is 79.9. The molecule has 0 atom stereocenters. The fourth-order valence-corrected chi connectivity index (χ4v) is 2.86. The first-order valence-corrected chi connectivity index (χ1v) is 6.72. The predicted octanol–water partition coefficient (Wildman–Crippen LogP) is 3.22. The standard InChI is InChI=1S/C14H17BrO3/c1-13(2,12(16)17)7-14(8-18-9-14)10-4-3-5-11(15)6-10/h3-6H,7-9H2,1-2H3,(H,16,17). The molecule has 1 N–H and O–H groups in total. The van der Waals surface area contributed by atoms with Crippen LogP contribution in [0.2, 0.25) is 0 Å². The molecule has 0 saturated carbocycles. The van der Waals surface area contributed by atoms with E-state index in [1.54, 1.807) is 13.8 Å². The molecule has 0 unspecified atom stereocenters. The number of carbonyl (C=O) groups is 1. The maximum Gasteiger partial charge on any atom is 0.309 e. The number of hydrogen-bond donors (Lipinski definition) is 1. The summed E-state index contributed by atoms with van der Waals surface area (Å²) in [5.74, 6) is -0.760. The molecule has 1 aromatic carbocycles. The van der Waals surface area contributed by atoms with E-state index in [0.717, 1.165) is 10.0 Å². The van der Waals surface area contributed by atoms with Gasteiger partial charge in [-0.1, -0.05) is 28.1 Å². The van der Waals surface area contributed by atoms with E-state index in [1.165, 1.54) is 0 Å². The Bertz CT molecular complexity index is 464. The van der Waals surface area contributed by atoms with Gasteiger partial charge in [-0.05, 0) is 38.0 Å². The maximum atomic E-state index is 11.3. The van der Waals surface area contributed by atoms with Gasteiger partial charge in [-0.15, -0.1) is 0 Å². The third kappa shape index (κ3) is 2.45. The van der Waals surface area contributed by atoms with Crippen molar-refractivity contribution in [3.8, 4) is 0 Å². The number of carboxylic acid groups (broad SMARTS) is 1. The number of aliphatic carboxylic acids is 1. The van der Waals surface area contributed by atoms with Gasteiger partial charge in [-0.25, -0.2) is 0 Å². The summed E-state index contributed by atoms with van der Waals surface area (Å²) < 4.78 is 6.36. The second-order valence-electron chi connectivity index (χ2n) is 5.65. The van der Waals surface area contributed by atoms with E-state index >= 15 is 0 Å². The molecule has 1 aliphatic rings. The van der Waals surface area contributed by atoms with Gasteiger partial charge in [0.05, 0.1) is 18.6 Å². The molecule has 1 saturated heterocycles. The van der Waals surface area contributed by atoms with Crippen LogP contribution in [-0.2, 0) is 14.9 Å². The monoisotopic (exact) mass is 312 g/mol. The molecule has 1 heterocycles. The van der Waals surface area contributed by atoms with E-state index < -0.39 is 11.4 Å². The average molecular weight is 313 g/mol. The second-order valence-corrected chi connectivity index (χ2v) is 6.56. The number of carboxylic acids is 1. The fourth-order valence-electron chi connectivity index (χ4n) is 2.46. The molecule has 1 aliphatic heterocycles. The van der Waals surface area contributed by atoms with Crippen molar-refractivity contribution in [3.63, 3.8) is 0 Å². The average Bonchev–Trinajstić information content (AvgIpc) is 2.23. The SMILES string of the molecule is CC(C)(CC1(c2cccc(Br)c2)COC1)C(=O)O. The zero-order valence-electron chi connectivity index (χ0n) is 10.6. The third-order valence-corrected chi connectivity index (χ3v) is 4.05. The van der Waals surface area contributed by atoms with Crippen LogP contribution in [0, 0.1) is 5.41 Å². The molecule has 98 valence electrons. The largest absolute Gasteiger partial charge is 0.481 e. The van der Waals surface area contributed by atoms with E-state index in [-0.39, 0.29) is 5.41 Å². The van der Waals surface area contributed by atoms with Crippen LogP contribution in [0.15, 0.2) is 28.7 Å². The fraction of sp³-hybridized carbons (Fsp3) is 0.500. The predicted molar refractivity (Wildman–Crippen MR) is 72.7 cm³/mol. The van der Waals surface area contributed by atoms with Gasteiger partial charge in [0.15, 0.2) is 0 Å². The molecule has 3 nitrogen and oxygen atoms in total. The Labute approximate surface area is 115 Å². The van der Waals surface area contributed by atoms with Gasteiger partial charge in [-0.2, -0.15) is 0 Å². The molecule has 1 aromatic rings. The minimum Gasteiger partial charge on any atom is -0.481 e. The summed E-state index contributed by atoms with van der Waals surface area (Å²) in [6.07, 6.45) is 0.589. The number of ether oxygens (including phenoxy) is 1. The van der Waals surface area contributed by atoms with Crippen LogP contribution in [0.3, 0.4) is 0 Å². The van der Waals surface area contributed by atoms with Gasteiger partial charge in [0.1, 0.15) is 0 Å². The van der Waals surface area contributed by atoms with Crippen LogP contribution < -0.4 is 0 Å². The Hall–Kier alpha value is -0.870. The summed E-state index contributed by atoms with van der Waals surface area (Å²) in [6.45, 7) is 4.74. The van der Waals surface area contributed by atoms with E-state index in [0.29, 0.717) is 19.6 Å². The Kier molecular flexibility index (Phi) is 3.52. The van der Waals surface area contributed by atoms with Crippen molar-refractivity contribution in [2.75, 3.05) is 13.2 Å². The van der Waals surface area contributed by atoms with Gasteiger partial charge in [-0.3, -0.25) is 4.79 Å². The normalized spacial score (nSPS) is 18.2. The lowest BCUT2D eigenvalue weighted by atomic mass is 9.68. The van der Waals surface area contributed by atoms with Crippen LogP contribution in [0.4, 0.5) is 0 Å². The molecule has 0 aromatic heterocycles. The molecule has 0 spiro atoms. The molecule has 0 amide bonds. The van der Waals surface area contributed by atoms with Crippen LogP contribution in [0.25, 0.3) is 0 Å². The van der Waals surface area contributed by atoms with Crippen LogP contribution in [0.5, 0.6) is 0 Å². The molecule has 18 heavy (non-hydrogen) atoms. The molecule has 1 fully saturated rings. The van der Waals surface area contributed by atoms with Crippen LogP contribution in [0.1, 0.15) is 25.8 Å². The molecule has 0 aliphatic carbocycles. The van der Waals surface area contributed by atoms with Crippen molar-refractivity contribution in [1.29, 1.82) is 0 Å². The zero-order valence-corrected chi connectivity index (χ0v) is 12.2. The molecule has 2 rings (SSSR count). The minimum atomic E-state index is -0.760. The summed E-state index contributed by atoms with van der Waals surface area (Å²) in [6, 6.07) is 8.05. The highest BCUT2D eigenvalue weighted by Gasteiger charge is 2.46. The maximum absolute atomic E-state index is 11.3. The van der Waals surface area contributed by atoms with E-state index in [9.17, 15) is 9.90 Å². The molecular formula is C14H17BrO3. The van der Waals surface area contributed by atoms with Crippen LogP contribution in [-0.4, -0.2) is 24.3 Å². The van der Waals surface area contributed by atoms with Crippen molar-refractivity contribution in [2.45, 2.75) is 25.7 Å². The first-order chi connectivity index (χ1) is 8.36. The lowest BCUT2D eigenvalue weighted by molar-refractivity contribution is -0.152. The first kappa shape index (κ1) is 13.6. The molecule has 0 radical (unpaired) electrons. The third-order valence-electron chi connectivity index (χ3n) is 3.55. The number of hydrogen-bond acceptors (Lipinski definition) is 2. The lowest BCUT2D eigenvalue weighted by Gasteiger charge is -2.45. The van der Waals surface area contributed by atoms with E-state index in [4.69, 9.17) is 4.74 Å². The second kappa shape index (κ2) is 4.67. The first-order valence-electron chi connectivity index (χ1n) is 5.93. The zero-order chi connectivity index (χ0) is 13.4. The smallest absolute Gasteiger partial charge is 0.309 e. The van der Waals surface area contributed by atoms with Gasteiger partial charge in [0.2, 0.25) is 0 Å². The summed E-state index contributed by atoms with van der Waals surface area (Å²) in [4.78, 5) is 11.3. The van der Waals surface area contributed by atoms with Gasteiger partial charge < -0.3 is 9.84 Å². The molecule has 4 heteroatoms. The van der Waals surface area contributed by atoms with Crippen LogP contribution >= 0.6 is 15.9 Å². The van der Waals surface area contributed by atoms with Crippen molar-refractivity contribution >= 4 is 21.9 Å². The highest BCUT2D eigenvalue weighted by Crippen LogP contribution is 2.43. The molecule has 0 bridgehead atoms. The van der Waals surface area contributed by atoms with E-state index in [1.807, 2.05) is 18.2 Å². The van der Waals surface area contributed by atoms with Gasteiger partial charge in [0, 0.05) is 9.89 Å². The van der Waals surface area contributed by atoms with Crippen molar-refractivity contribution in [2.24, 2.45) is 5.41 Å². The Morgan fingerprint density at radius 2 is 2.17 bits per heavy atom. The van der Waals surface area contributed by atoms with Crippen molar-refractivity contribution in [1.82, 2.24) is 0 Å². The van der Waals surface area contributed by atoms with Crippen molar-refractivity contribution in [3.05, 3.63) is 34.3 Å². The Morgan fingerprint density at radius 1 is 1.50 bits per heavy atom. The highest BCUT2D eigenvalue weighted by molar-refractivity contribution is 9.10. The van der Waals surface area contributed by atoms with Gasteiger partial charge >= 0.3 is 5.97 Å². The topological polar surface area (TPSA) is 46.5 Å². The quantitative estimate of drug-likeness (QED) is 0.928. The van der Waals surface area contributed by atoms with Crippen molar-refractivity contribution < 1.29 is 14.6 Å². The number of benzene rings is 1. The Morgan fingerprint density at radius 3 is 2.61 bits per heavy atom. The minimum absolute atomic E-state index is 0.161. The van der Waals surface area contributed by atoms with E-state index in [2.05, 4.69) is 22.0 Å². The van der Waals surface area contributed by atoms with Gasteiger partial charge in [0.25, 0.3) is 0 Å². The number of rotatable bonds is 4. The molecular weight excluding hydrogens is 296 g/mol. The summed E-state index contributed by atoms with van der Waals surface area (Å²) in [5.41, 5.74) is 0.245. The lowest BCUT2D eigenvalue weighted by Crippen LogP contribution is -2.50. The summed E-state index contributed by atoms with van der Waals surface area (Å²) in [7, 11) is 0. The number of halogens is 1.